The Hall–Kier alpha value is -3.73. The molecule has 0 radical (unpaired) electrons. The van der Waals surface area contributed by atoms with Crippen LogP contribution in [0.1, 0.15) is 21.6 Å². The van der Waals surface area contributed by atoms with Crippen LogP contribution >= 0.6 is 11.8 Å². The summed E-state index contributed by atoms with van der Waals surface area (Å²) in [5.41, 5.74) is 4.16. The topological polar surface area (TPSA) is 79.0 Å². The van der Waals surface area contributed by atoms with Crippen molar-refractivity contribution in [2.24, 2.45) is 0 Å². The standard InChI is InChI=1S/C26H24N4O2S/c1-27-26(31)22-8-3-4-9-25(22)33-20-11-12-21-23(29-30-24(21)17-20)13-10-18-6-5-7-19(16-18)28-14-15-32-2/h3-9,11-12,16-17,28H,14-15H2,1-2H3,(H,27,31)(H,29,30). The molecule has 0 aliphatic rings. The second kappa shape index (κ2) is 10.7. The van der Waals surface area contributed by atoms with Crippen LogP contribution in [-0.4, -0.2) is 43.4 Å². The highest BCUT2D eigenvalue weighted by Gasteiger charge is 2.11. The summed E-state index contributed by atoms with van der Waals surface area (Å²) in [5.74, 6) is 6.27. The predicted octanol–water partition coefficient (Wildman–Crippen LogP) is 4.53. The third-order valence-corrected chi connectivity index (χ3v) is 6.01. The molecule has 33 heavy (non-hydrogen) atoms. The maximum atomic E-state index is 12.2. The number of nitrogens with zero attached hydrogens (tertiary/aromatic N) is 1. The average Bonchev–Trinajstić information content (AvgIpc) is 3.25. The molecule has 0 saturated carbocycles. The van der Waals surface area contributed by atoms with Crippen molar-refractivity contribution in [3.05, 3.63) is 83.6 Å². The molecular formula is C26H24N4O2S. The van der Waals surface area contributed by atoms with Crippen LogP contribution in [0.25, 0.3) is 10.9 Å². The van der Waals surface area contributed by atoms with Crippen LogP contribution in [0, 0.1) is 11.8 Å². The second-order valence-electron chi connectivity index (χ2n) is 7.21. The Labute approximate surface area is 197 Å². The third kappa shape index (κ3) is 5.55. The molecule has 4 rings (SSSR count). The maximum Gasteiger partial charge on any atom is 0.252 e. The van der Waals surface area contributed by atoms with Gasteiger partial charge in [0.15, 0.2) is 0 Å². The molecule has 7 heteroatoms. The Balaban J connectivity index is 1.53. The van der Waals surface area contributed by atoms with E-state index in [-0.39, 0.29) is 5.91 Å². The van der Waals surface area contributed by atoms with Gasteiger partial charge in [-0.1, -0.05) is 35.9 Å². The lowest BCUT2D eigenvalue weighted by atomic mass is 10.1. The summed E-state index contributed by atoms with van der Waals surface area (Å²) in [6.45, 7) is 1.39. The number of carbonyl (C=O) groups is 1. The molecule has 0 bridgehead atoms. The number of ether oxygens (including phenoxy) is 1. The van der Waals surface area contributed by atoms with Gasteiger partial charge in [0.25, 0.3) is 5.91 Å². The Bertz CT molecular complexity index is 1340. The molecule has 3 aromatic carbocycles. The van der Waals surface area contributed by atoms with Gasteiger partial charge in [-0.05, 0) is 54.5 Å². The van der Waals surface area contributed by atoms with E-state index in [1.165, 1.54) is 0 Å². The molecule has 0 aliphatic carbocycles. The molecule has 0 spiro atoms. The van der Waals surface area contributed by atoms with Gasteiger partial charge in [0.1, 0.15) is 5.69 Å². The van der Waals surface area contributed by atoms with Crippen molar-refractivity contribution in [1.82, 2.24) is 15.5 Å². The lowest BCUT2D eigenvalue weighted by Crippen LogP contribution is -2.18. The minimum atomic E-state index is -0.101. The lowest BCUT2D eigenvalue weighted by molar-refractivity contribution is 0.0960. The average molecular weight is 457 g/mol. The van der Waals surface area contributed by atoms with Crippen LogP contribution in [0.15, 0.2) is 76.5 Å². The molecule has 1 amide bonds. The monoisotopic (exact) mass is 456 g/mol. The fourth-order valence-electron chi connectivity index (χ4n) is 3.30. The van der Waals surface area contributed by atoms with Crippen molar-refractivity contribution in [2.45, 2.75) is 9.79 Å². The molecule has 3 N–H and O–H groups in total. The first kappa shape index (κ1) is 22.5. The molecule has 0 aliphatic heterocycles. The number of carbonyl (C=O) groups excluding carboxylic acids is 1. The number of nitrogens with one attached hydrogen (secondary N) is 3. The Morgan fingerprint density at radius 2 is 1.97 bits per heavy atom. The third-order valence-electron chi connectivity index (χ3n) is 4.94. The van der Waals surface area contributed by atoms with Gasteiger partial charge in [-0.3, -0.25) is 9.89 Å². The van der Waals surface area contributed by atoms with Gasteiger partial charge in [0.05, 0.1) is 17.7 Å². The number of amides is 1. The summed E-state index contributed by atoms with van der Waals surface area (Å²) in [6.07, 6.45) is 0. The fourth-order valence-corrected chi connectivity index (χ4v) is 4.28. The summed E-state index contributed by atoms with van der Waals surface area (Å²) in [6, 6.07) is 21.6. The number of aromatic amines is 1. The van der Waals surface area contributed by atoms with Gasteiger partial charge < -0.3 is 15.4 Å². The van der Waals surface area contributed by atoms with Crippen molar-refractivity contribution in [1.29, 1.82) is 0 Å². The molecule has 0 saturated heterocycles. The minimum absolute atomic E-state index is 0.101. The van der Waals surface area contributed by atoms with Crippen LogP contribution in [0.2, 0.25) is 0 Å². The van der Waals surface area contributed by atoms with E-state index in [1.807, 2.05) is 66.7 Å². The Morgan fingerprint density at radius 1 is 1.09 bits per heavy atom. The predicted molar refractivity (Wildman–Crippen MR) is 133 cm³/mol. The van der Waals surface area contributed by atoms with E-state index in [1.54, 1.807) is 25.9 Å². The molecule has 0 atom stereocenters. The van der Waals surface area contributed by atoms with Crippen molar-refractivity contribution in [3.63, 3.8) is 0 Å². The second-order valence-corrected chi connectivity index (χ2v) is 8.32. The first-order valence-electron chi connectivity index (χ1n) is 10.5. The highest BCUT2D eigenvalue weighted by molar-refractivity contribution is 7.99. The number of hydrogen-bond donors (Lipinski definition) is 3. The van der Waals surface area contributed by atoms with Crippen LogP contribution < -0.4 is 10.6 Å². The zero-order valence-corrected chi connectivity index (χ0v) is 19.3. The zero-order chi connectivity index (χ0) is 23.0. The van der Waals surface area contributed by atoms with Gasteiger partial charge >= 0.3 is 0 Å². The fraction of sp³-hybridized carbons (Fsp3) is 0.154. The van der Waals surface area contributed by atoms with Crippen LogP contribution in [0.5, 0.6) is 0 Å². The van der Waals surface area contributed by atoms with Gasteiger partial charge in [-0.15, -0.1) is 0 Å². The van der Waals surface area contributed by atoms with E-state index >= 15 is 0 Å². The van der Waals surface area contributed by atoms with Gasteiger partial charge in [-0.2, -0.15) is 5.10 Å². The number of fused-ring (bicyclic) bond motifs is 1. The highest BCUT2D eigenvalue weighted by atomic mass is 32.2. The number of methoxy groups -OCH3 is 1. The molecular weight excluding hydrogens is 432 g/mol. The highest BCUT2D eigenvalue weighted by Crippen LogP contribution is 2.32. The molecule has 0 unspecified atom stereocenters. The number of hydrogen-bond acceptors (Lipinski definition) is 5. The maximum absolute atomic E-state index is 12.2. The summed E-state index contributed by atoms with van der Waals surface area (Å²) in [4.78, 5) is 14.1. The molecule has 166 valence electrons. The van der Waals surface area contributed by atoms with Gasteiger partial charge in [0.2, 0.25) is 0 Å². The van der Waals surface area contributed by atoms with Gasteiger partial charge in [0, 0.05) is 47.1 Å². The summed E-state index contributed by atoms with van der Waals surface area (Å²) in [7, 11) is 3.32. The zero-order valence-electron chi connectivity index (χ0n) is 18.4. The van der Waals surface area contributed by atoms with E-state index in [0.717, 1.165) is 38.5 Å². The smallest absolute Gasteiger partial charge is 0.252 e. The van der Waals surface area contributed by atoms with Crippen LogP contribution in [0.3, 0.4) is 0 Å². The summed E-state index contributed by atoms with van der Waals surface area (Å²) < 4.78 is 5.07. The van der Waals surface area contributed by atoms with E-state index in [4.69, 9.17) is 4.74 Å². The largest absolute Gasteiger partial charge is 0.383 e. The first-order chi connectivity index (χ1) is 16.2. The quantitative estimate of drug-likeness (QED) is 0.281. The van der Waals surface area contributed by atoms with Crippen molar-refractivity contribution in [3.8, 4) is 11.8 Å². The van der Waals surface area contributed by atoms with Crippen molar-refractivity contribution in [2.75, 3.05) is 32.6 Å². The molecule has 1 heterocycles. The van der Waals surface area contributed by atoms with Crippen LogP contribution in [0.4, 0.5) is 5.69 Å². The normalized spacial score (nSPS) is 10.5. The van der Waals surface area contributed by atoms with E-state index in [0.29, 0.717) is 17.9 Å². The number of rotatable bonds is 7. The number of benzene rings is 3. The number of anilines is 1. The molecule has 6 nitrogen and oxygen atoms in total. The van der Waals surface area contributed by atoms with E-state index in [9.17, 15) is 4.79 Å². The van der Waals surface area contributed by atoms with Crippen molar-refractivity contribution < 1.29 is 9.53 Å². The SMILES string of the molecule is CNC(=O)c1ccccc1Sc1ccc2c(C#Cc3cccc(NCCOC)c3)n[nH]c2c1. The molecule has 4 aromatic rings. The van der Waals surface area contributed by atoms with E-state index < -0.39 is 0 Å². The van der Waals surface area contributed by atoms with Gasteiger partial charge in [-0.25, -0.2) is 0 Å². The van der Waals surface area contributed by atoms with Crippen molar-refractivity contribution >= 4 is 34.3 Å². The Kier molecular flexibility index (Phi) is 7.30. The molecule has 1 aromatic heterocycles. The number of aromatic nitrogens is 2. The summed E-state index contributed by atoms with van der Waals surface area (Å²) >= 11 is 1.54. The first-order valence-corrected chi connectivity index (χ1v) is 11.3. The number of H-pyrrole nitrogens is 1. The molecule has 0 fully saturated rings. The van der Waals surface area contributed by atoms with E-state index in [2.05, 4.69) is 32.7 Å². The Morgan fingerprint density at radius 3 is 2.82 bits per heavy atom. The lowest BCUT2D eigenvalue weighted by Gasteiger charge is -2.08. The minimum Gasteiger partial charge on any atom is -0.383 e. The van der Waals surface area contributed by atoms with Crippen LogP contribution in [-0.2, 0) is 4.74 Å². The summed E-state index contributed by atoms with van der Waals surface area (Å²) in [5, 5.41) is 14.4.